The molecule has 0 aliphatic heterocycles. The highest BCUT2D eigenvalue weighted by atomic mass is 32.1. The van der Waals surface area contributed by atoms with Gasteiger partial charge in [0.05, 0.1) is 16.8 Å². The summed E-state index contributed by atoms with van der Waals surface area (Å²) < 4.78 is 6.17. The zero-order valence-electron chi connectivity index (χ0n) is 12.2. The minimum atomic E-state index is -0.258. The van der Waals surface area contributed by atoms with Crippen molar-refractivity contribution in [2.45, 2.75) is 6.61 Å². The number of aliphatic hydroxyl groups excluding tert-OH is 1. The van der Waals surface area contributed by atoms with E-state index in [1.54, 1.807) is 6.07 Å². The van der Waals surface area contributed by atoms with Crippen molar-refractivity contribution in [3.8, 4) is 33.8 Å². The number of nitrogens with zero attached hydrogens (tertiary/aromatic N) is 3. The molecule has 0 atom stereocenters. The van der Waals surface area contributed by atoms with E-state index in [1.807, 2.05) is 18.2 Å². The highest BCUT2D eigenvalue weighted by Crippen LogP contribution is 2.33. The molecule has 3 N–H and O–H groups in total. The van der Waals surface area contributed by atoms with Crippen LogP contribution in [0.25, 0.3) is 32.5 Å². The standard InChI is InChI=1S/C16H11N3O4S/c20-7-9-2-1-3-12-13(9)17-16(24-12)15-18-14(19-23-15)8-4-5-10(21)11(22)6-8/h1-6,20-22H,7H2. The third kappa shape index (κ3) is 2.38. The molecule has 0 amide bonds. The molecule has 0 spiro atoms. The average Bonchev–Trinajstić information content (AvgIpc) is 3.23. The predicted octanol–water partition coefficient (Wildman–Crippen LogP) is 2.92. The molecule has 4 rings (SSSR count). The number of aromatic hydroxyl groups is 2. The van der Waals surface area contributed by atoms with Crippen LogP contribution >= 0.6 is 11.3 Å². The SMILES string of the molecule is OCc1cccc2sc(-c3nc(-c4ccc(O)c(O)c4)no3)nc12. The quantitative estimate of drug-likeness (QED) is 0.491. The van der Waals surface area contributed by atoms with Gasteiger partial charge in [0.15, 0.2) is 16.5 Å². The topological polar surface area (TPSA) is 113 Å². The molecule has 0 saturated heterocycles. The number of rotatable bonds is 3. The first-order chi connectivity index (χ1) is 11.7. The van der Waals surface area contributed by atoms with Gasteiger partial charge in [0.2, 0.25) is 5.82 Å². The van der Waals surface area contributed by atoms with Crippen molar-refractivity contribution in [3.63, 3.8) is 0 Å². The fraction of sp³-hybridized carbons (Fsp3) is 0.0625. The third-order valence-electron chi connectivity index (χ3n) is 3.52. The fourth-order valence-corrected chi connectivity index (χ4v) is 3.25. The first-order valence-corrected chi connectivity index (χ1v) is 7.83. The average molecular weight is 341 g/mol. The van der Waals surface area contributed by atoms with Gasteiger partial charge in [0, 0.05) is 11.1 Å². The Hall–Kier alpha value is -2.97. The smallest absolute Gasteiger partial charge is 0.287 e. The maximum atomic E-state index is 9.57. The van der Waals surface area contributed by atoms with Crippen LogP contribution in [0.4, 0.5) is 0 Å². The van der Waals surface area contributed by atoms with E-state index in [-0.39, 0.29) is 29.8 Å². The van der Waals surface area contributed by atoms with Crippen molar-refractivity contribution in [1.29, 1.82) is 0 Å². The number of thiazole rings is 1. The number of aliphatic hydroxyl groups is 1. The fourth-order valence-electron chi connectivity index (χ4n) is 2.31. The molecular formula is C16H11N3O4S. The minimum Gasteiger partial charge on any atom is -0.504 e. The van der Waals surface area contributed by atoms with Crippen LogP contribution in [-0.4, -0.2) is 30.4 Å². The number of aromatic nitrogens is 3. The molecule has 0 unspecified atom stereocenters. The van der Waals surface area contributed by atoms with E-state index in [0.29, 0.717) is 16.1 Å². The number of para-hydroxylation sites is 1. The molecular weight excluding hydrogens is 330 g/mol. The van der Waals surface area contributed by atoms with Crippen LogP contribution < -0.4 is 0 Å². The van der Waals surface area contributed by atoms with Gasteiger partial charge in [-0.05, 0) is 24.3 Å². The van der Waals surface area contributed by atoms with Gasteiger partial charge in [-0.1, -0.05) is 17.3 Å². The van der Waals surface area contributed by atoms with Crippen molar-refractivity contribution in [3.05, 3.63) is 42.0 Å². The second-order valence-corrected chi connectivity index (χ2v) is 6.10. The molecule has 0 fully saturated rings. The molecule has 24 heavy (non-hydrogen) atoms. The van der Waals surface area contributed by atoms with Gasteiger partial charge in [-0.15, -0.1) is 11.3 Å². The van der Waals surface area contributed by atoms with E-state index in [2.05, 4.69) is 15.1 Å². The maximum absolute atomic E-state index is 9.57. The van der Waals surface area contributed by atoms with Crippen molar-refractivity contribution >= 4 is 21.6 Å². The second kappa shape index (κ2) is 5.59. The van der Waals surface area contributed by atoms with Gasteiger partial charge < -0.3 is 19.8 Å². The van der Waals surface area contributed by atoms with Crippen molar-refractivity contribution < 1.29 is 19.8 Å². The molecule has 4 aromatic rings. The Morgan fingerprint density at radius 1 is 1.04 bits per heavy atom. The van der Waals surface area contributed by atoms with Gasteiger partial charge in [0.25, 0.3) is 5.89 Å². The van der Waals surface area contributed by atoms with E-state index in [9.17, 15) is 15.3 Å². The normalized spacial score (nSPS) is 11.2. The van der Waals surface area contributed by atoms with Gasteiger partial charge in [-0.2, -0.15) is 4.98 Å². The summed E-state index contributed by atoms with van der Waals surface area (Å²) in [7, 11) is 0. The van der Waals surface area contributed by atoms with Crippen LogP contribution in [0.3, 0.4) is 0 Å². The van der Waals surface area contributed by atoms with Crippen molar-refractivity contribution in [1.82, 2.24) is 15.1 Å². The van der Waals surface area contributed by atoms with Gasteiger partial charge >= 0.3 is 0 Å². The number of phenolic OH excluding ortho intramolecular Hbond substituents is 2. The highest BCUT2D eigenvalue weighted by Gasteiger charge is 2.16. The Balaban J connectivity index is 1.76. The van der Waals surface area contributed by atoms with E-state index in [0.717, 1.165) is 10.3 Å². The molecule has 0 bridgehead atoms. The number of hydrogen-bond acceptors (Lipinski definition) is 8. The van der Waals surface area contributed by atoms with Gasteiger partial charge in [-0.3, -0.25) is 0 Å². The summed E-state index contributed by atoms with van der Waals surface area (Å²) in [6.45, 7) is -0.0949. The maximum Gasteiger partial charge on any atom is 0.287 e. The van der Waals surface area contributed by atoms with E-state index >= 15 is 0 Å². The first-order valence-electron chi connectivity index (χ1n) is 7.01. The zero-order valence-corrected chi connectivity index (χ0v) is 13.0. The van der Waals surface area contributed by atoms with Crippen LogP contribution in [0.5, 0.6) is 11.5 Å². The molecule has 0 radical (unpaired) electrons. The van der Waals surface area contributed by atoms with Gasteiger partial charge in [-0.25, -0.2) is 4.98 Å². The Bertz CT molecular complexity index is 1040. The molecule has 2 aromatic carbocycles. The lowest BCUT2D eigenvalue weighted by Crippen LogP contribution is -1.84. The van der Waals surface area contributed by atoms with E-state index in [4.69, 9.17) is 4.52 Å². The Morgan fingerprint density at radius 3 is 2.71 bits per heavy atom. The monoisotopic (exact) mass is 341 g/mol. The van der Waals surface area contributed by atoms with Crippen LogP contribution in [-0.2, 0) is 6.61 Å². The lowest BCUT2D eigenvalue weighted by Gasteiger charge is -1.98. The molecule has 2 aromatic heterocycles. The summed E-state index contributed by atoms with van der Waals surface area (Å²) in [4.78, 5) is 8.75. The summed E-state index contributed by atoms with van der Waals surface area (Å²) in [6, 6.07) is 9.85. The Kier molecular flexibility index (Phi) is 3.40. The molecule has 0 saturated carbocycles. The lowest BCUT2D eigenvalue weighted by atomic mass is 10.2. The molecule has 120 valence electrons. The molecule has 0 aliphatic rings. The predicted molar refractivity (Wildman–Crippen MR) is 87.6 cm³/mol. The van der Waals surface area contributed by atoms with Crippen molar-refractivity contribution in [2.75, 3.05) is 0 Å². The van der Waals surface area contributed by atoms with E-state index in [1.165, 1.54) is 23.5 Å². The van der Waals surface area contributed by atoms with Crippen LogP contribution in [0.15, 0.2) is 40.9 Å². The zero-order chi connectivity index (χ0) is 16.7. The first kappa shape index (κ1) is 14.6. The molecule has 2 heterocycles. The van der Waals surface area contributed by atoms with Gasteiger partial charge in [0.1, 0.15) is 0 Å². The minimum absolute atomic E-state index is 0.0949. The highest BCUT2D eigenvalue weighted by molar-refractivity contribution is 7.21. The summed E-state index contributed by atoms with van der Waals surface area (Å²) in [5.41, 5.74) is 1.96. The summed E-state index contributed by atoms with van der Waals surface area (Å²) in [6.07, 6.45) is 0. The lowest BCUT2D eigenvalue weighted by molar-refractivity contribution is 0.283. The molecule has 0 aliphatic carbocycles. The number of fused-ring (bicyclic) bond motifs is 1. The summed E-state index contributed by atoms with van der Waals surface area (Å²) in [5.74, 6) is 0.0567. The van der Waals surface area contributed by atoms with Crippen LogP contribution in [0.2, 0.25) is 0 Å². The summed E-state index contributed by atoms with van der Waals surface area (Å²) in [5, 5.41) is 32.7. The van der Waals surface area contributed by atoms with Crippen molar-refractivity contribution in [2.24, 2.45) is 0 Å². The number of benzene rings is 2. The largest absolute Gasteiger partial charge is 0.504 e. The number of hydrogen-bond donors (Lipinski definition) is 3. The summed E-state index contributed by atoms with van der Waals surface area (Å²) >= 11 is 1.39. The van der Waals surface area contributed by atoms with Crippen LogP contribution in [0, 0.1) is 0 Å². The Labute approximate surface area is 139 Å². The Morgan fingerprint density at radius 2 is 1.92 bits per heavy atom. The molecule has 7 nitrogen and oxygen atoms in total. The van der Waals surface area contributed by atoms with E-state index < -0.39 is 0 Å². The third-order valence-corrected chi connectivity index (χ3v) is 4.52. The van der Waals surface area contributed by atoms with Crippen LogP contribution in [0.1, 0.15) is 5.56 Å². The number of phenols is 2. The second-order valence-electron chi connectivity index (χ2n) is 5.07. The molecule has 8 heteroatoms.